The molecule has 5 heteroatoms. The largest absolute Gasteiger partial charge is 0.362 e. The Morgan fingerprint density at radius 3 is 2.45 bits per heavy atom. The Balaban J connectivity index is 2.29. The zero-order valence-electron chi connectivity index (χ0n) is 11.5. The van der Waals surface area contributed by atoms with Gasteiger partial charge in [0.05, 0.1) is 5.39 Å². The summed E-state index contributed by atoms with van der Waals surface area (Å²) in [6.45, 7) is 2.09. The zero-order valence-corrected chi connectivity index (χ0v) is 13.1. The number of anilines is 1. The van der Waals surface area contributed by atoms with Gasteiger partial charge >= 0.3 is 0 Å². The van der Waals surface area contributed by atoms with E-state index < -0.39 is 0 Å². The quantitative estimate of drug-likeness (QED) is 0.658. The van der Waals surface area contributed by atoms with Crippen molar-refractivity contribution in [1.29, 1.82) is 0 Å². The number of hydrogen-bond donors (Lipinski definition) is 0. The lowest BCUT2D eigenvalue weighted by Gasteiger charge is -2.13. The minimum absolute atomic E-state index is 0.290. The SMILES string of the molecule is Cc1ccc(-c2csc3nc(Cl)nc(N(C)C)c23)cc1. The smallest absolute Gasteiger partial charge is 0.225 e. The molecule has 0 saturated carbocycles. The van der Waals surface area contributed by atoms with Crippen LogP contribution in [0.15, 0.2) is 29.6 Å². The fourth-order valence-electron chi connectivity index (χ4n) is 2.17. The molecule has 0 amide bonds. The van der Waals surface area contributed by atoms with E-state index in [4.69, 9.17) is 11.6 Å². The number of halogens is 1. The van der Waals surface area contributed by atoms with E-state index in [0.717, 1.165) is 21.6 Å². The minimum Gasteiger partial charge on any atom is -0.362 e. The molecule has 3 rings (SSSR count). The van der Waals surface area contributed by atoms with Crippen LogP contribution in [-0.4, -0.2) is 24.1 Å². The molecule has 2 aromatic heterocycles. The molecular formula is C15H14ClN3S. The average molecular weight is 304 g/mol. The third-order valence-electron chi connectivity index (χ3n) is 3.17. The van der Waals surface area contributed by atoms with Gasteiger partial charge in [-0.15, -0.1) is 11.3 Å². The van der Waals surface area contributed by atoms with Gasteiger partial charge in [-0.25, -0.2) is 4.98 Å². The number of thiophene rings is 1. The van der Waals surface area contributed by atoms with Gasteiger partial charge in [0.25, 0.3) is 0 Å². The highest BCUT2D eigenvalue weighted by Gasteiger charge is 2.15. The zero-order chi connectivity index (χ0) is 14.3. The maximum Gasteiger partial charge on any atom is 0.225 e. The molecule has 0 unspecified atom stereocenters. The van der Waals surface area contributed by atoms with Crippen LogP contribution in [0.1, 0.15) is 5.56 Å². The molecule has 0 atom stereocenters. The fraction of sp³-hybridized carbons (Fsp3) is 0.200. The van der Waals surface area contributed by atoms with Crippen molar-refractivity contribution in [3.63, 3.8) is 0 Å². The molecule has 20 heavy (non-hydrogen) atoms. The minimum atomic E-state index is 0.290. The third-order valence-corrected chi connectivity index (χ3v) is 4.21. The van der Waals surface area contributed by atoms with Gasteiger partial charge in [0.15, 0.2) is 0 Å². The van der Waals surface area contributed by atoms with E-state index in [2.05, 4.69) is 46.5 Å². The average Bonchev–Trinajstić information content (AvgIpc) is 2.82. The summed E-state index contributed by atoms with van der Waals surface area (Å²) >= 11 is 7.60. The summed E-state index contributed by atoms with van der Waals surface area (Å²) in [4.78, 5) is 11.6. The van der Waals surface area contributed by atoms with Gasteiger partial charge in [-0.05, 0) is 24.1 Å². The number of fused-ring (bicyclic) bond motifs is 1. The molecule has 0 aliphatic rings. The molecule has 0 N–H and O–H groups in total. The first-order valence-corrected chi connectivity index (χ1v) is 7.51. The van der Waals surface area contributed by atoms with E-state index >= 15 is 0 Å². The predicted molar refractivity (Wildman–Crippen MR) is 86.9 cm³/mol. The van der Waals surface area contributed by atoms with Crippen LogP contribution in [0.5, 0.6) is 0 Å². The molecule has 0 radical (unpaired) electrons. The van der Waals surface area contributed by atoms with Crippen LogP contribution in [0.25, 0.3) is 21.3 Å². The molecule has 1 aromatic carbocycles. The summed E-state index contributed by atoms with van der Waals surface area (Å²) in [7, 11) is 3.93. The van der Waals surface area contributed by atoms with Crippen LogP contribution in [0, 0.1) is 6.92 Å². The number of rotatable bonds is 2. The molecular weight excluding hydrogens is 290 g/mol. The maximum atomic E-state index is 6.00. The van der Waals surface area contributed by atoms with E-state index in [1.807, 2.05) is 19.0 Å². The summed E-state index contributed by atoms with van der Waals surface area (Å²) < 4.78 is 0. The molecule has 0 spiro atoms. The van der Waals surface area contributed by atoms with Crippen molar-refractivity contribution >= 4 is 39.0 Å². The summed E-state index contributed by atoms with van der Waals surface area (Å²) in [6, 6.07) is 8.49. The van der Waals surface area contributed by atoms with Crippen LogP contribution < -0.4 is 4.90 Å². The number of nitrogens with zero attached hydrogens (tertiary/aromatic N) is 3. The molecule has 0 saturated heterocycles. The van der Waals surface area contributed by atoms with Crippen molar-refractivity contribution < 1.29 is 0 Å². The highest BCUT2D eigenvalue weighted by Crippen LogP contribution is 2.38. The molecule has 3 aromatic rings. The second kappa shape index (κ2) is 5.04. The standard InChI is InChI=1S/C15H14ClN3S/c1-9-4-6-10(7-5-9)11-8-20-14-12(11)13(19(2)3)17-15(16)18-14/h4-8H,1-3H3. The summed E-state index contributed by atoms with van der Waals surface area (Å²) in [5, 5.41) is 3.47. The third kappa shape index (κ3) is 2.25. The van der Waals surface area contributed by atoms with Gasteiger partial charge in [-0.3, -0.25) is 0 Å². The number of hydrogen-bond acceptors (Lipinski definition) is 4. The highest BCUT2D eigenvalue weighted by molar-refractivity contribution is 7.17. The Labute approximate surface area is 126 Å². The van der Waals surface area contributed by atoms with Gasteiger partial charge in [0.1, 0.15) is 10.6 Å². The van der Waals surface area contributed by atoms with Gasteiger partial charge in [0, 0.05) is 25.0 Å². The van der Waals surface area contributed by atoms with Crippen molar-refractivity contribution in [2.45, 2.75) is 6.92 Å². The molecule has 102 valence electrons. The molecule has 0 bridgehead atoms. The van der Waals surface area contributed by atoms with E-state index in [1.54, 1.807) is 11.3 Å². The molecule has 0 aliphatic carbocycles. The van der Waals surface area contributed by atoms with Crippen LogP contribution in [0.3, 0.4) is 0 Å². The fourth-order valence-corrected chi connectivity index (χ4v) is 3.32. The second-order valence-corrected chi connectivity index (χ2v) is 6.10. The topological polar surface area (TPSA) is 29.0 Å². The first-order valence-electron chi connectivity index (χ1n) is 6.25. The van der Waals surface area contributed by atoms with Crippen LogP contribution in [0.4, 0.5) is 5.82 Å². The van der Waals surface area contributed by atoms with Gasteiger partial charge in [-0.1, -0.05) is 29.8 Å². The van der Waals surface area contributed by atoms with E-state index in [1.165, 1.54) is 11.1 Å². The number of aryl methyl sites for hydroxylation is 1. The first-order chi connectivity index (χ1) is 9.56. The Hall–Kier alpha value is -1.65. The van der Waals surface area contributed by atoms with Crippen LogP contribution in [0.2, 0.25) is 5.28 Å². The Bertz CT molecular complexity index is 763. The normalized spacial score (nSPS) is 11.0. The van der Waals surface area contributed by atoms with Gasteiger partial charge < -0.3 is 4.90 Å². The van der Waals surface area contributed by atoms with Gasteiger partial charge in [-0.2, -0.15) is 4.98 Å². The Morgan fingerprint density at radius 1 is 1.10 bits per heavy atom. The molecule has 0 fully saturated rings. The van der Waals surface area contributed by atoms with Crippen molar-refractivity contribution in [2.24, 2.45) is 0 Å². The molecule has 3 nitrogen and oxygen atoms in total. The molecule has 0 aliphatic heterocycles. The predicted octanol–water partition coefficient (Wildman–Crippen LogP) is 4.39. The second-order valence-electron chi connectivity index (χ2n) is 4.91. The summed E-state index contributed by atoms with van der Waals surface area (Å²) in [5.74, 6) is 0.858. The van der Waals surface area contributed by atoms with Crippen LogP contribution in [-0.2, 0) is 0 Å². The lowest BCUT2D eigenvalue weighted by molar-refractivity contribution is 1.06. The van der Waals surface area contributed by atoms with Crippen molar-refractivity contribution in [1.82, 2.24) is 9.97 Å². The number of benzene rings is 1. The lowest BCUT2D eigenvalue weighted by Crippen LogP contribution is -2.11. The Kier molecular flexibility index (Phi) is 3.36. The number of aromatic nitrogens is 2. The van der Waals surface area contributed by atoms with Crippen molar-refractivity contribution in [3.8, 4) is 11.1 Å². The molecule has 2 heterocycles. The van der Waals surface area contributed by atoms with E-state index in [-0.39, 0.29) is 0 Å². The van der Waals surface area contributed by atoms with E-state index in [9.17, 15) is 0 Å². The van der Waals surface area contributed by atoms with Crippen molar-refractivity contribution in [3.05, 3.63) is 40.5 Å². The van der Waals surface area contributed by atoms with Crippen molar-refractivity contribution in [2.75, 3.05) is 19.0 Å². The van der Waals surface area contributed by atoms with Crippen LogP contribution >= 0.6 is 22.9 Å². The Morgan fingerprint density at radius 2 is 1.80 bits per heavy atom. The lowest BCUT2D eigenvalue weighted by atomic mass is 10.0. The summed E-state index contributed by atoms with van der Waals surface area (Å²) in [5.41, 5.74) is 3.58. The maximum absolute atomic E-state index is 6.00. The van der Waals surface area contributed by atoms with Gasteiger partial charge in [0.2, 0.25) is 5.28 Å². The first kappa shape index (κ1) is 13.3. The van der Waals surface area contributed by atoms with E-state index in [0.29, 0.717) is 5.28 Å². The highest BCUT2D eigenvalue weighted by atomic mass is 35.5. The summed E-state index contributed by atoms with van der Waals surface area (Å²) in [6.07, 6.45) is 0. The monoisotopic (exact) mass is 303 g/mol.